The fourth-order valence-electron chi connectivity index (χ4n) is 3.79. The maximum absolute atomic E-state index is 3.93. The van der Waals surface area contributed by atoms with E-state index < -0.39 is 0 Å². The van der Waals surface area contributed by atoms with Crippen molar-refractivity contribution in [3.05, 3.63) is 0 Å². The van der Waals surface area contributed by atoms with Gasteiger partial charge in [0.1, 0.15) is 0 Å². The lowest BCUT2D eigenvalue weighted by molar-refractivity contribution is 0.252. The number of rotatable bonds is 3. The Morgan fingerprint density at radius 1 is 1.06 bits per heavy atom. The summed E-state index contributed by atoms with van der Waals surface area (Å²) in [5, 5.41) is 3.93. The van der Waals surface area contributed by atoms with Crippen LogP contribution >= 0.6 is 0 Å². The summed E-state index contributed by atoms with van der Waals surface area (Å²) in [6.45, 7) is 6.15. The SMILES string of the molecule is CC1CCCC1NC1CC(C)N(C2CC2)C1. The zero-order valence-electron chi connectivity index (χ0n) is 10.8. The summed E-state index contributed by atoms with van der Waals surface area (Å²) in [7, 11) is 0. The Hall–Kier alpha value is -0.0800. The minimum Gasteiger partial charge on any atom is -0.310 e. The van der Waals surface area contributed by atoms with Gasteiger partial charge < -0.3 is 5.32 Å². The third kappa shape index (κ3) is 2.14. The quantitative estimate of drug-likeness (QED) is 0.789. The van der Waals surface area contributed by atoms with E-state index in [1.165, 1.54) is 45.1 Å². The van der Waals surface area contributed by atoms with Gasteiger partial charge in [-0.15, -0.1) is 0 Å². The van der Waals surface area contributed by atoms with Crippen molar-refractivity contribution in [3.63, 3.8) is 0 Å². The third-order valence-corrected chi connectivity index (χ3v) is 4.95. The molecule has 3 aliphatic rings. The van der Waals surface area contributed by atoms with Gasteiger partial charge in [0.05, 0.1) is 0 Å². The number of nitrogens with one attached hydrogen (secondary N) is 1. The zero-order chi connectivity index (χ0) is 11.1. The van der Waals surface area contributed by atoms with Crippen LogP contribution in [0.15, 0.2) is 0 Å². The molecule has 16 heavy (non-hydrogen) atoms. The van der Waals surface area contributed by atoms with Crippen LogP contribution in [0.1, 0.15) is 52.4 Å². The van der Waals surface area contributed by atoms with E-state index in [0.29, 0.717) is 0 Å². The van der Waals surface area contributed by atoms with Crippen molar-refractivity contribution in [1.82, 2.24) is 10.2 Å². The van der Waals surface area contributed by atoms with E-state index in [0.717, 1.165) is 30.1 Å². The van der Waals surface area contributed by atoms with E-state index in [-0.39, 0.29) is 0 Å². The summed E-state index contributed by atoms with van der Waals surface area (Å²) >= 11 is 0. The lowest BCUT2D eigenvalue weighted by Crippen LogP contribution is -2.41. The normalized spacial score (nSPS) is 45.4. The van der Waals surface area contributed by atoms with Crippen LogP contribution in [-0.4, -0.2) is 35.6 Å². The summed E-state index contributed by atoms with van der Waals surface area (Å²) in [5.74, 6) is 0.908. The number of hydrogen-bond donors (Lipinski definition) is 1. The largest absolute Gasteiger partial charge is 0.310 e. The Bertz CT molecular complexity index is 249. The second-order valence-corrected chi connectivity index (χ2v) is 6.39. The maximum Gasteiger partial charge on any atom is 0.0212 e. The predicted molar refractivity (Wildman–Crippen MR) is 67.5 cm³/mol. The molecule has 1 saturated heterocycles. The third-order valence-electron chi connectivity index (χ3n) is 4.95. The van der Waals surface area contributed by atoms with Crippen molar-refractivity contribution < 1.29 is 0 Å². The van der Waals surface area contributed by atoms with E-state index in [9.17, 15) is 0 Å². The molecule has 0 bridgehead atoms. The van der Waals surface area contributed by atoms with Gasteiger partial charge in [-0.3, -0.25) is 4.90 Å². The number of nitrogens with zero attached hydrogens (tertiary/aromatic N) is 1. The van der Waals surface area contributed by atoms with Crippen molar-refractivity contribution >= 4 is 0 Å². The van der Waals surface area contributed by atoms with Gasteiger partial charge in [-0.25, -0.2) is 0 Å². The fraction of sp³-hybridized carbons (Fsp3) is 1.00. The van der Waals surface area contributed by atoms with Gasteiger partial charge in [0.2, 0.25) is 0 Å². The molecule has 0 radical (unpaired) electrons. The molecule has 0 aromatic rings. The van der Waals surface area contributed by atoms with Crippen molar-refractivity contribution in [2.45, 2.75) is 76.5 Å². The second-order valence-electron chi connectivity index (χ2n) is 6.39. The van der Waals surface area contributed by atoms with Crippen LogP contribution in [0, 0.1) is 5.92 Å². The average Bonchev–Trinajstić information content (AvgIpc) is 2.92. The minimum absolute atomic E-state index is 0.779. The number of likely N-dealkylation sites (tertiary alicyclic amines) is 1. The van der Waals surface area contributed by atoms with Gasteiger partial charge in [-0.1, -0.05) is 13.3 Å². The van der Waals surface area contributed by atoms with Gasteiger partial charge in [-0.2, -0.15) is 0 Å². The summed E-state index contributed by atoms with van der Waals surface area (Å²) in [6.07, 6.45) is 8.57. The molecule has 2 heteroatoms. The van der Waals surface area contributed by atoms with Gasteiger partial charge in [0.25, 0.3) is 0 Å². The first-order chi connectivity index (χ1) is 7.74. The highest BCUT2D eigenvalue weighted by atomic mass is 15.3. The van der Waals surface area contributed by atoms with E-state index >= 15 is 0 Å². The molecular formula is C14H26N2. The molecule has 4 unspecified atom stereocenters. The molecule has 0 aromatic heterocycles. The average molecular weight is 222 g/mol. The monoisotopic (exact) mass is 222 g/mol. The molecule has 1 heterocycles. The van der Waals surface area contributed by atoms with Crippen LogP contribution in [0.2, 0.25) is 0 Å². The van der Waals surface area contributed by atoms with Crippen molar-refractivity contribution in [2.24, 2.45) is 5.92 Å². The maximum atomic E-state index is 3.93. The minimum atomic E-state index is 0.779. The highest BCUT2D eigenvalue weighted by molar-refractivity contribution is 4.97. The first-order valence-electron chi connectivity index (χ1n) is 7.26. The van der Waals surface area contributed by atoms with Gasteiger partial charge >= 0.3 is 0 Å². The molecule has 4 atom stereocenters. The smallest absolute Gasteiger partial charge is 0.0212 e. The van der Waals surface area contributed by atoms with E-state index in [1.54, 1.807) is 0 Å². The predicted octanol–water partition coefficient (Wildman–Crippen LogP) is 2.39. The highest BCUT2D eigenvalue weighted by Crippen LogP contribution is 2.34. The van der Waals surface area contributed by atoms with Crippen LogP contribution < -0.4 is 5.32 Å². The van der Waals surface area contributed by atoms with Crippen LogP contribution in [0.4, 0.5) is 0 Å². The lowest BCUT2D eigenvalue weighted by Gasteiger charge is -2.23. The lowest BCUT2D eigenvalue weighted by atomic mass is 10.0. The van der Waals surface area contributed by atoms with Crippen molar-refractivity contribution in [1.29, 1.82) is 0 Å². The van der Waals surface area contributed by atoms with E-state index in [2.05, 4.69) is 24.1 Å². The topological polar surface area (TPSA) is 15.3 Å². The van der Waals surface area contributed by atoms with Crippen LogP contribution in [0.5, 0.6) is 0 Å². The fourth-order valence-corrected chi connectivity index (χ4v) is 3.79. The summed E-state index contributed by atoms with van der Waals surface area (Å²) in [6, 6.07) is 3.36. The summed E-state index contributed by atoms with van der Waals surface area (Å²) in [5.41, 5.74) is 0. The Morgan fingerprint density at radius 2 is 1.88 bits per heavy atom. The van der Waals surface area contributed by atoms with Gasteiger partial charge in [0.15, 0.2) is 0 Å². The second kappa shape index (κ2) is 4.30. The molecule has 1 N–H and O–H groups in total. The van der Waals surface area contributed by atoms with Crippen molar-refractivity contribution in [2.75, 3.05) is 6.54 Å². The van der Waals surface area contributed by atoms with E-state index in [1.807, 2.05) is 0 Å². The number of hydrogen-bond acceptors (Lipinski definition) is 2. The van der Waals surface area contributed by atoms with Gasteiger partial charge in [-0.05, 0) is 44.9 Å². The molecule has 2 saturated carbocycles. The Kier molecular flexibility index (Phi) is 2.97. The molecule has 1 aliphatic heterocycles. The molecule has 0 amide bonds. The first kappa shape index (κ1) is 11.0. The molecule has 0 spiro atoms. The van der Waals surface area contributed by atoms with Crippen molar-refractivity contribution in [3.8, 4) is 0 Å². The van der Waals surface area contributed by atoms with Crippen LogP contribution in [0.25, 0.3) is 0 Å². The molecular weight excluding hydrogens is 196 g/mol. The Morgan fingerprint density at radius 3 is 2.50 bits per heavy atom. The molecule has 3 fully saturated rings. The standard InChI is InChI=1S/C14H26N2/c1-10-4-3-5-14(10)15-12-8-11(2)16(9-12)13-6-7-13/h10-15H,3-9H2,1-2H3. The summed E-state index contributed by atoms with van der Waals surface area (Å²) < 4.78 is 0. The summed E-state index contributed by atoms with van der Waals surface area (Å²) in [4.78, 5) is 2.75. The first-order valence-corrected chi connectivity index (χ1v) is 7.26. The van der Waals surface area contributed by atoms with Gasteiger partial charge in [0, 0.05) is 30.7 Å². The Labute approximate surface area is 99.8 Å². The molecule has 2 nitrogen and oxygen atoms in total. The molecule has 2 aliphatic carbocycles. The van der Waals surface area contributed by atoms with Crippen LogP contribution in [0.3, 0.4) is 0 Å². The molecule has 3 rings (SSSR count). The zero-order valence-corrected chi connectivity index (χ0v) is 10.8. The molecule has 92 valence electrons. The van der Waals surface area contributed by atoms with Crippen LogP contribution in [-0.2, 0) is 0 Å². The highest BCUT2D eigenvalue weighted by Gasteiger charge is 2.39. The molecule has 0 aromatic carbocycles. The van der Waals surface area contributed by atoms with E-state index in [4.69, 9.17) is 0 Å². The Balaban J connectivity index is 1.52.